The number of imidazole rings is 1. The van der Waals surface area contributed by atoms with Gasteiger partial charge in [0.1, 0.15) is 5.82 Å². The zero-order valence-corrected chi connectivity index (χ0v) is 15.4. The van der Waals surface area contributed by atoms with Crippen molar-refractivity contribution in [3.63, 3.8) is 0 Å². The normalized spacial score (nSPS) is 11.2. The molecule has 3 rings (SSSR count). The molecule has 0 aliphatic carbocycles. The number of para-hydroxylation sites is 3. The maximum atomic E-state index is 13.1. The highest BCUT2D eigenvalue weighted by atomic mass is 35.5. The van der Waals surface area contributed by atoms with Gasteiger partial charge in [-0.05, 0) is 24.3 Å². The molecule has 8 heteroatoms. The molecule has 5 nitrogen and oxygen atoms in total. The fraction of sp³-hybridized carbons (Fsp3) is 0.263. The van der Waals surface area contributed by atoms with Crippen molar-refractivity contribution in [2.45, 2.75) is 18.8 Å². The second-order valence-corrected chi connectivity index (χ2v) is 6.02. The van der Waals surface area contributed by atoms with Gasteiger partial charge in [-0.25, -0.2) is 13.8 Å². The highest BCUT2D eigenvalue weighted by Gasteiger charge is 2.27. The molecule has 27 heavy (non-hydrogen) atoms. The van der Waals surface area contributed by atoms with E-state index < -0.39 is 24.9 Å². The Kier molecular flexibility index (Phi) is 6.87. The molecule has 0 aliphatic rings. The molecule has 0 spiro atoms. The first kappa shape index (κ1) is 20.8. The fourth-order valence-corrected chi connectivity index (χ4v) is 2.72. The Labute approximate surface area is 162 Å². The Hall–Kier alpha value is -2.51. The van der Waals surface area contributed by atoms with Crippen molar-refractivity contribution in [2.75, 3.05) is 13.1 Å². The molecule has 144 valence electrons. The Bertz CT molecular complexity index is 899. The average molecular weight is 395 g/mol. The molecule has 0 fully saturated rings. The van der Waals surface area contributed by atoms with Gasteiger partial charge in [0.25, 0.3) is 5.92 Å². The summed E-state index contributed by atoms with van der Waals surface area (Å²) in [5, 5.41) is 2.23. The quantitative estimate of drug-likeness (QED) is 0.646. The smallest absolute Gasteiger partial charge is 0.277 e. The molecule has 0 atom stereocenters. The number of nitrogens with zero attached hydrogens (tertiary/aromatic N) is 2. The van der Waals surface area contributed by atoms with Crippen molar-refractivity contribution in [3.05, 3.63) is 60.4 Å². The van der Waals surface area contributed by atoms with E-state index in [4.69, 9.17) is 5.73 Å². The minimum Gasteiger partial charge on any atom is -0.350 e. The molecule has 0 saturated heterocycles. The minimum absolute atomic E-state index is 0. The van der Waals surface area contributed by atoms with Gasteiger partial charge in [0, 0.05) is 18.5 Å². The maximum Gasteiger partial charge on any atom is 0.277 e. The zero-order valence-electron chi connectivity index (χ0n) is 14.6. The second kappa shape index (κ2) is 8.92. The van der Waals surface area contributed by atoms with Crippen LogP contribution in [0.3, 0.4) is 0 Å². The number of rotatable bonds is 7. The number of benzene rings is 2. The molecule has 1 heterocycles. The van der Waals surface area contributed by atoms with E-state index in [1.54, 1.807) is 0 Å². The van der Waals surface area contributed by atoms with Crippen LogP contribution in [0.1, 0.15) is 12.2 Å². The van der Waals surface area contributed by atoms with Gasteiger partial charge in [0.15, 0.2) is 0 Å². The highest BCUT2D eigenvalue weighted by molar-refractivity contribution is 5.85. The first-order valence-corrected chi connectivity index (χ1v) is 8.36. The highest BCUT2D eigenvalue weighted by Crippen LogP contribution is 2.22. The molecule has 3 aromatic rings. The Morgan fingerprint density at radius 3 is 2.48 bits per heavy atom. The van der Waals surface area contributed by atoms with Gasteiger partial charge < -0.3 is 11.1 Å². The number of carbonyl (C=O) groups excluding carboxylic acids is 1. The van der Waals surface area contributed by atoms with Crippen LogP contribution < -0.4 is 11.1 Å². The molecule has 0 aliphatic heterocycles. The second-order valence-electron chi connectivity index (χ2n) is 6.02. The summed E-state index contributed by atoms with van der Waals surface area (Å²) in [6.45, 7) is -1.55. The molecule has 3 N–H and O–H groups in total. The number of nitrogens with one attached hydrogen (secondary N) is 1. The largest absolute Gasteiger partial charge is 0.350 e. The van der Waals surface area contributed by atoms with E-state index >= 15 is 0 Å². The topological polar surface area (TPSA) is 72.9 Å². The van der Waals surface area contributed by atoms with E-state index in [-0.39, 0.29) is 18.8 Å². The molecule has 0 saturated carbocycles. The molecule has 0 unspecified atom stereocenters. The van der Waals surface area contributed by atoms with E-state index in [0.29, 0.717) is 12.2 Å². The summed E-state index contributed by atoms with van der Waals surface area (Å²) in [7, 11) is 0. The third-order valence-corrected chi connectivity index (χ3v) is 4.06. The first-order chi connectivity index (χ1) is 12.5. The summed E-state index contributed by atoms with van der Waals surface area (Å²) in [6.07, 6.45) is 0.403. The van der Waals surface area contributed by atoms with Gasteiger partial charge in [-0.3, -0.25) is 9.36 Å². The SMILES string of the molecule is Cl.NCC(F)(F)CNC(=O)CCc1nc2ccccc2n1-c1ccccc1. The Morgan fingerprint density at radius 2 is 1.78 bits per heavy atom. The van der Waals surface area contributed by atoms with Crippen LogP contribution in [0.2, 0.25) is 0 Å². The van der Waals surface area contributed by atoms with E-state index in [1.807, 2.05) is 59.2 Å². The summed E-state index contributed by atoms with van der Waals surface area (Å²) < 4.78 is 28.3. The minimum atomic E-state index is -3.09. The number of carbonyl (C=O) groups is 1. The third-order valence-electron chi connectivity index (χ3n) is 4.06. The predicted molar refractivity (Wildman–Crippen MR) is 104 cm³/mol. The Morgan fingerprint density at radius 1 is 1.11 bits per heavy atom. The van der Waals surface area contributed by atoms with Crippen molar-refractivity contribution in [3.8, 4) is 5.69 Å². The van der Waals surface area contributed by atoms with Crippen molar-refractivity contribution < 1.29 is 13.6 Å². The lowest BCUT2D eigenvalue weighted by atomic mass is 10.2. The number of hydrogen-bond donors (Lipinski definition) is 2. The molecule has 2 aromatic carbocycles. The lowest BCUT2D eigenvalue weighted by molar-refractivity contribution is -0.122. The van der Waals surface area contributed by atoms with Crippen LogP contribution in [0.5, 0.6) is 0 Å². The molecule has 0 radical (unpaired) electrons. The van der Waals surface area contributed by atoms with Crippen LogP contribution in [0.15, 0.2) is 54.6 Å². The summed E-state index contributed by atoms with van der Waals surface area (Å²) >= 11 is 0. The molecular weight excluding hydrogens is 374 g/mol. The van der Waals surface area contributed by atoms with Gasteiger partial charge in [-0.1, -0.05) is 30.3 Å². The first-order valence-electron chi connectivity index (χ1n) is 8.36. The fourth-order valence-electron chi connectivity index (χ4n) is 2.72. The van der Waals surface area contributed by atoms with Gasteiger partial charge in [0.05, 0.1) is 24.1 Å². The number of nitrogens with two attached hydrogens (primary N) is 1. The summed E-state index contributed by atoms with van der Waals surface area (Å²) in [5.41, 5.74) is 7.66. The molecular formula is C19H21ClF2N4O. The van der Waals surface area contributed by atoms with Gasteiger partial charge >= 0.3 is 0 Å². The van der Waals surface area contributed by atoms with Crippen LogP contribution in [0, 0.1) is 0 Å². The van der Waals surface area contributed by atoms with Crippen LogP contribution in [-0.2, 0) is 11.2 Å². The maximum absolute atomic E-state index is 13.1. The van der Waals surface area contributed by atoms with Crippen LogP contribution in [0.25, 0.3) is 16.7 Å². The number of halogens is 3. The van der Waals surface area contributed by atoms with E-state index in [9.17, 15) is 13.6 Å². The number of alkyl halides is 2. The lowest BCUT2D eigenvalue weighted by Crippen LogP contribution is -2.41. The van der Waals surface area contributed by atoms with Gasteiger partial charge in [-0.15, -0.1) is 12.4 Å². The van der Waals surface area contributed by atoms with Crippen molar-refractivity contribution in [2.24, 2.45) is 5.73 Å². The summed E-state index contributed by atoms with van der Waals surface area (Å²) in [4.78, 5) is 16.5. The van der Waals surface area contributed by atoms with E-state index in [1.165, 1.54) is 0 Å². The zero-order chi connectivity index (χ0) is 18.6. The van der Waals surface area contributed by atoms with Crippen LogP contribution in [0.4, 0.5) is 8.78 Å². The summed E-state index contributed by atoms with van der Waals surface area (Å²) in [5.74, 6) is -2.84. The van der Waals surface area contributed by atoms with Gasteiger partial charge in [-0.2, -0.15) is 0 Å². The predicted octanol–water partition coefficient (Wildman–Crippen LogP) is 3.09. The van der Waals surface area contributed by atoms with Crippen LogP contribution >= 0.6 is 12.4 Å². The van der Waals surface area contributed by atoms with E-state index in [0.717, 1.165) is 16.7 Å². The van der Waals surface area contributed by atoms with Crippen molar-refractivity contribution in [1.29, 1.82) is 0 Å². The number of amides is 1. The van der Waals surface area contributed by atoms with Crippen molar-refractivity contribution in [1.82, 2.24) is 14.9 Å². The van der Waals surface area contributed by atoms with Gasteiger partial charge in [0.2, 0.25) is 5.91 Å². The number of fused-ring (bicyclic) bond motifs is 1. The molecule has 0 bridgehead atoms. The average Bonchev–Trinajstić information content (AvgIpc) is 3.04. The standard InChI is InChI=1S/C19H20F2N4O.ClH/c20-19(21,12-22)13-23-18(26)11-10-17-24-15-8-4-5-9-16(15)25(17)14-6-2-1-3-7-14;/h1-9H,10-13,22H2,(H,23,26);1H. The summed E-state index contributed by atoms with van der Waals surface area (Å²) in [6, 6.07) is 17.4. The molecule has 1 amide bonds. The third kappa shape index (κ3) is 5.02. The number of hydrogen-bond acceptors (Lipinski definition) is 3. The number of aromatic nitrogens is 2. The van der Waals surface area contributed by atoms with Crippen molar-refractivity contribution >= 4 is 29.3 Å². The monoisotopic (exact) mass is 394 g/mol. The number of aryl methyl sites for hydroxylation is 1. The molecule has 1 aromatic heterocycles. The lowest BCUT2D eigenvalue weighted by Gasteiger charge is -2.14. The van der Waals surface area contributed by atoms with Crippen LogP contribution in [-0.4, -0.2) is 34.5 Å². The van der Waals surface area contributed by atoms with E-state index in [2.05, 4.69) is 10.3 Å². The Balaban J connectivity index is 0.00000261.